The number of benzene rings is 1. The van der Waals surface area contributed by atoms with Crippen LogP contribution in [-0.2, 0) is 10.9 Å². The minimum Gasteiger partial charge on any atom is -0.373 e. The molecule has 2 fully saturated rings. The molecule has 7 heteroatoms. The van der Waals surface area contributed by atoms with Crippen LogP contribution in [0.25, 0.3) is 0 Å². The molecular formula is C20H21F3N2OS. The van der Waals surface area contributed by atoms with E-state index < -0.39 is 11.7 Å². The van der Waals surface area contributed by atoms with Crippen molar-refractivity contribution < 1.29 is 17.9 Å². The maximum atomic E-state index is 13.0. The van der Waals surface area contributed by atoms with Gasteiger partial charge in [0.2, 0.25) is 0 Å². The second-order valence-electron chi connectivity index (χ2n) is 7.54. The molecule has 2 atom stereocenters. The number of nitrogens with zero attached hydrogens (tertiary/aromatic N) is 2. The van der Waals surface area contributed by atoms with E-state index in [2.05, 4.69) is 16.9 Å². The van der Waals surface area contributed by atoms with Gasteiger partial charge < -0.3 is 4.74 Å². The van der Waals surface area contributed by atoms with E-state index in [4.69, 9.17) is 4.74 Å². The number of alkyl halides is 3. The Balaban J connectivity index is 1.48. The second kappa shape index (κ2) is 7.09. The molecule has 1 aliphatic carbocycles. The van der Waals surface area contributed by atoms with Gasteiger partial charge >= 0.3 is 6.18 Å². The number of halogens is 3. The number of hydrogen-bond donors (Lipinski definition) is 0. The molecule has 0 radical (unpaired) electrons. The predicted molar refractivity (Wildman–Crippen MR) is 97.6 cm³/mol. The molecule has 2 aliphatic rings. The van der Waals surface area contributed by atoms with Crippen LogP contribution in [0.1, 0.15) is 61.6 Å². The molecule has 144 valence electrons. The summed E-state index contributed by atoms with van der Waals surface area (Å²) in [6, 6.07) is 5.55. The number of hydrogen-bond acceptors (Lipinski definition) is 4. The first-order chi connectivity index (χ1) is 12.8. The van der Waals surface area contributed by atoms with Gasteiger partial charge in [0.1, 0.15) is 5.82 Å². The van der Waals surface area contributed by atoms with E-state index >= 15 is 0 Å². The zero-order chi connectivity index (χ0) is 19.1. The smallest absolute Gasteiger partial charge is 0.373 e. The summed E-state index contributed by atoms with van der Waals surface area (Å²) < 4.78 is 44.6. The van der Waals surface area contributed by atoms with E-state index in [1.807, 2.05) is 12.4 Å². The standard InChI is InChI=1S/C20H21F3N2OS/c1-19(27-16-4-2-3-15(9-16)20(21,22)23)7-8-26-17(10-19)14-11-24-18(25-12-14)13-5-6-13/h2-4,9,11-13,17H,5-8,10H2,1H3. The Hall–Kier alpha value is -1.60. The third kappa shape index (κ3) is 4.46. The molecule has 2 unspecified atom stereocenters. The molecule has 1 aliphatic heterocycles. The molecule has 0 bridgehead atoms. The van der Waals surface area contributed by atoms with Gasteiger partial charge in [-0.2, -0.15) is 13.2 Å². The van der Waals surface area contributed by atoms with Gasteiger partial charge in [-0.1, -0.05) is 6.07 Å². The summed E-state index contributed by atoms with van der Waals surface area (Å²) in [6.45, 7) is 2.66. The van der Waals surface area contributed by atoms with Gasteiger partial charge in [0.05, 0.1) is 11.7 Å². The number of ether oxygens (including phenoxy) is 1. The van der Waals surface area contributed by atoms with Crippen molar-refractivity contribution in [3.05, 3.63) is 53.6 Å². The lowest BCUT2D eigenvalue weighted by Crippen LogP contribution is -2.32. The molecule has 1 saturated heterocycles. The largest absolute Gasteiger partial charge is 0.416 e. The Labute approximate surface area is 160 Å². The molecule has 1 saturated carbocycles. The lowest BCUT2D eigenvalue weighted by atomic mass is 9.93. The Bertz CT molecular complexity index is 808. The summed E-state index contributed by atoms with van der Waals surface area (Å²) >= 11 is 1.49. The highest BCUT2D eigenvalue weighted by Crippen LogP contribution is 2.46. The van der Waals surface area contributed by atoms with Gasteiger partial charge in [-0.15, -0.1) is 11.8 Å². The van der Waals surface area contributed by atoms with E-state index in [1.54, 1.807) is 6.07 Å². The molecule has 1 aromatic carbocycles. The van der Waals surface area contributed by atoms with Crippen molar-refractivity contribution in [3.8, 4) is 0 Å². The third-order valence-corrected chi connectivity index (χ3v) is 6.45. The van der Waals surface area contributed by atoms with Crippen molar-refractivity contribution in [2.75, 3.05) is 6.61 Å². The van der Waals surface area contributed by atoms with Crippen LogP contribution in [-0.4, -0.2) is 21.3 Å². The Kier molecular flexibility index (Phi) is 4.93. The molecule has 3 nitrogen and oxygen atoms in total. The van der Waals surface area contributed by atoms with E-state index in [1.165, 1.54) is 23.9 Å². The third-order valence-electron chi connectivity index (χ3n) is 5.10. The maximum Gasteiger partial charge on any atom is 0.416 e. The van der Waals surface area contributed by atoms with Gasteiger partial charge in [-0.3, -0.25) is 0 Å². The average molecular weight is 394 g/mol. The summed E-state index contributed by atoms with van der Waals surface area (Å²) in [5.41, 5.74) is 0.332. The summed E-state index contributed by atoms with van der Waals surface area (Å²) in [5.74, 6) is 1.41. The van der Waals surface area contributed by atoms with Crippen LogP contribution in [0.5, 0.6) is 0 Å². The van der Waals surface area contributed by atoms with Crippen LogP contribution >= 0.6 is 11.8 Å². The first kappa shape index (κ1) is 18.7. The number of rotatable bonds is 4. The van der Waals surface area contributed by atoms with Gasteiger partial charge in [0, 0.05) is 40.1 Å². The van der Waals surface area contributed by atoms with Gasteiger partial charge in [-0.25, -0.2) is 9.97 Å². The molecule has 2 aromatic rings. The van der Waals surface area contributed by atoms with Crippen LogP contribution in [0.15, 0.2) is 41.6 Å². The summed E-state index contributed by atoms with van der Waals surface area (Å²) in [7, 11) is 0. The zero-order valence-corrected chi connectivity index (χ0v) is 15.8. The lowest BCUT2D eigenvalue weighted by molar-refractivity contribution is -0.137. The van der Waals surface area contributed by atoms with Crippen LogP contribution in [0.2, 0.25) is 0 Å². The van der Waals surface area contributed by atoms with Crippen molar-refractivity contribution in [1.82, 2.24) is 9.97 Å². The van der Waals surface area contributed by atoms with Crippen LogP contribution in [0.3, 0.4) is 0 Å². The Morgan fingerprint density at radius 3 is 2.59 bits per heavy atom. The normalized spacial score (nSPS) is 26.1. The highest BCUT2D eigenvalue weighted by atomic mass is 32.2. The number of aromatic nitrogens is 2. The predicted octanol–water partition coefficient (Wildman–Crippen LogP) is 5.78. The van der Waals surface area contributed by atoms with Crippen molar-refractivity contribution in [2.24, 2.45) is 0 Å². The Morgan fingerprint density at radius 1 is 1.19 bits per heavy atom. The fraction of sp³-hybridized carbons (Fsp3) is 0.500. The maximum absolute atomic E-state index is 13.0. The average Bonchev–Trinajstić information content (AvgIpc) is 3.46. The van der Waals surface area contributed by atoms with Crippen LogP contribution in [0, 0.1) is 0 Å². The van der Waals surface area contributed by atoms with Gasteiger partial charge in [-0.05, 0) is 50.8 Å². The van der Waals surface area contributed by atoms with Crippen molar-refractivity contribution in [3.63, 3.8) is 0 Å². The van der Waals surface area contributed by atoms with Crippen molar-refractivity contribution in [1.29, 1.82) is 0 Å². The minimum absolute atomic E-state index is 0.129. The van der Waals surface area contributed by atoms with Crippen molar-refractivity contribution in [2.45, 2.75) is 60.4 Å². The minimum atomic E-state index is -4.32. The molecule has 4 rings (SSSR count). The van der Waals surface area contributed by atoms with Crippen molar-refractivity contribution >= 4 is 11.8 Å². The topological polar surface area (TPSA) is 35.0 Å². The van der Waals surface area contributed by atoms with Crippen LogP contribution in [0.4, 0.5) is 13.2 Å². The lowest BCUT2D eigenvalue weighted by Gasteiger charge is -2.37. The summed E-state index contributed by atoms with van der Waals surface area (Å²) in [6.07, 6.45) is 3.03. The molecule has 2 heterocycles. The molecule has 1 aromatic heterocycles. The second-order valence-corrected chi connectivity index (χ2v) is 9.20. The molecule has 0 N–H and O–H groups in total. The van der Waals surface area contributed by atoms with E-state index in [0.717, 1.165) is 36.7 Å². The number of thioether (sulfide) groups is 1. The molecule has 27 heavy (non-hydrogen) atoms. The van der Waals surface area contributed by atoms with E-state index in [9.17, 15) is 13.2 Å². The fourth-order valence-corrected chi connectivity index (χ4v) is 4.69. The summed E-state index contributed by atoms with van der Waals surface area (Å²) in [4.78, 5) is 9.56. The highest BCUT2D eigenvalue weighted by molar-refractivity contribution is 8.00. The monoisotopic (exact) mass is 394 g/mol. The summed E-state index contributed by atoms with van der Waals surface area (Å²) in [5, 5.41) is 0. The molecule has 0 spiro atoms. The first-order valence-electron chi connectivity index (χ1n) is 9.12. The van der Waals surface area contributed by atoms with Crippen LogP contribution < -0.4 is 0 Å². The first-order valence-corrected chi connectivity index (χ1v) is 9.94. The van der Waals surface area contributed by atoms with Gasteiger partial charge in [0.25, 0.3) is 0 Å². The fourth-order valence-electron chi connectivity index (χ4n) is 3.36. The zero-order valence-electron chi connectivity index (χ0n) is 15.0. The van der Waals surface area contributed by atoms with Gasteiger partial charge in [0.15, 0.2) is 0 Å². The molecular weight excluding hydrogens is 373 g/mol. The highest BCUT2D eigenvalue weighted by Gasteiger charge is 2.36. The van der Waals surface area contributed by atoms with E-state index in [-0.39, 0.29) is 10.9 Å². The Morgan fingerprint density at radius 2 is 1.93 bits per heavy atom. The van der Waals surface area contributed by atoms with E-state index in [0.29, 0.717) is 23.8 Å². The quantitative estimate of drug-likeness (QED) is 0.659. The SMILES string of the molecule is CC1(Sc2cccc(C(F)(F)F)c2)CCOC(c2cnc(C3CC3)nc2)C1. The molecule has 0 amide bonds.